The molecule has 2 N–H and O–H groups in total. The van der Waals surface area contributed by atoms with E-state index in [0.29, 0.717) is 12.3 Å². The van der Waals surface area contributed by atoms with Crippen molar-refractivity contribution in [1.29, 1.82) is 0 Å². The van der Waals surface area contributed by atoms with Crippen molar-refractivity contribution in [2.45, 2.75) is 19.8 Å². The van der Waals surface area contributed by atoms with E-state index < -0.39 is 12.0 Å². The number of anilines is 1. The summed E-state index contributed by atoms with van der Waals surface area (Å²) >= 11 is 0. The monoisotopic (exact) mass is 280 g/mol. The Labute approximate surface area is 118 Å². The average Bonchev–Trinajstić information content (AvgIpc) is 2.40. The first-order chi connectivity index (χ1) is 9.52. The summed E-state index contributed by atoms with van der Waals surface area (Å²) in [5, 5.41) is 11.2. The standard InChI is InChI=1S/C14H20N2O4/c1-3-4-9-20-12-7-5-11(6-8-12)15-14(19)16(2)10-13(17)18/h5-8H,3-4,9-10H2,1-2H3,(H,15,19)(H,17,18). The first-order valence-corrected chi connectivity index (χ1v) is 6.49. The number of carbonyl (C=O) groups is 2. The van der Waals surface area contributed by atoms with E-state index in [9.17, 15) is 9.59 Å². The zero-order valence-corrected chi connectivity index (χ0v) is 11.8. The van der Waals surface area contributed by atoms with E-state index in [1.54, 1.807) is 24.3 Å². The lowest BCUT2D eigenvalue weighted by Gasteiger charge is -2.15. The van der Waals surface area contributed by atoms with Crippen LogP contribution in [0.15, 0.2) is 24.3 Å². The molecule has 2 amide bonds. The Morgan fingerprint density at radius 1 is 1.30 bits per heavy atom. The van der Waals surface area contributed by atoms with Crippen molar-refractivity contribution in [1.82, 2.24) is 4.90 Å². The third-order valence-electron chi connectivity index (χ3n) is 2.59. The predicted molar refractivity (Wildman–Crippen MR) is 76.1 cm³/mol. The molecular weight excluding hydrogens is 260 g/mol. The Bertz CT molecular complexity index is 445. The Morgan fingerprint density at radius 2 is 1.95 bits per heavy atom. The van der Waals surface area contributed by atoms with Crippen LogP contribution in [0.1, 0.15) is 19.8 Å². The minimum absolute atomic E-state index is 0.343. The molecule has 6 heteroatoms. The molecule has 0 fully saturated rings. The van der Waals surface area contributed by atoms with Gasteiger partial charge in [-0.3, -0.25) is 4.79 Å². The van der Waals surface area contributed by atoms with E-state index >= 15 is 0 Å². The molecule has 0 saturated heterocycles. The normalized spacial score (nSPS) is 9.90. The summed E-state index contributed by atoms with van der Waals surface area (Å²) in [6, 6.07) is 6.50. The van der Waals surface area contributed by atoms with Gasteiger partial charge in [0, 0.05) is 12.7 Å². The van der Waals surface area contributed by atoms with Gasteiger partial charge in [-0.2, -0.15) is 0 Å². The lowest BCUT2D eigenvalue weighted by Crippen LogP contribution is -2.35. The molecule has 0 atom stereocenters. The summed E-state index contributed by atoms with van der Waals surface area (Å²) in [4.78, 5) is 23.3. The van der Waals surface area contributed by atoms with Crippen molar-refractivity contribution in [3.8, 4) is 5.75 Å². The Morgan fingerprint density at radius 3 is 2.50 bits per heavy atom. The maximum absolute atomic E-state index is 11.7. The number of ether oxygens (including phenoxy) is 1. The lowest BCUT2D eigenvalue weighted by atomic mass is 10.3. The van der Waals surface area contributed by atoms with Crippen LogP contribution in [0.3, 0.4) is 0 Å². The van der Waals surface area contributed by atoms with Crippen LogP contribution in [-0.2, 0) is 4.79 Å². The molecule has 20 heavy (non-hydrogen) atoms. The van der Waals surface area contributed by atoms with Gasteiger partial charge in [0.25, 0.3) is 0 Å². The highest BCUT2D eigenvalue weighted by molar-refractivity contribution is 5.91. The van der Waals surface area contributed by atoms with Crippen molar-refractivity contribution >= 4 is 17.7 Å². The van der Waals surface area contributed by atoms with Gasteiger partial charge in [-0.15, -0.1) is 0 Å². The summed E-state index contributed by atoms with van der Waals surface area (Å²) in [6.07, 6.45) is 2.07. The number of benzene rings is 1. The third-order valence-corrected chi connectivity index (χ3v) is 2.59. The van der Waals surface area contributed by atoms with Crippen LogP contribution in [0.25, 0.3) is 0 Å². The molecular formula is C14H20N2O4. The molecule has 110 valence electrons. The van der Waals surface area contributed by atoms with Gasteiger partial charge in [-0.05, 0) is 30.7 Å². The zero-order valence-electron chi connectivity index (χ0n) is 11.8. The molecule has 1 aromatic carbocycles. The number of carboxylic acid groups (broad SMARTS) is 1. The van der Waals surface area contributed by atoms with Gasteiger partial charge < -0.3 is 20.1 Å². The molecule has 0 bridgehead atoms. The number of amides is 2. The maximum atomic E-state index is 11.7. The van der Waals surface area contributed by atoms with Crippen LogP contribution < -0.4 is 10.1 Å². The molecule has 0 aromatic heterocycles. The van der Waals surface area contributed by atoms with E-state index in [0.717, 1.165) is 23.5 Å². The van der Waals surface area contributed by atoms with Crippen molar-refractivity contribution in [2.75, 3.05) is 25.5 Å². The van der Waals surface area contributed by atoms with Gasteiger partial charge in [0.15, 0.2) is 0 Å². The Balaban J connectivity index is 2.48. The van der Waals surface area contributed by atoms with Crippen molar-refractivity contribution in [2.24, 2.45) is 0 Å². The summed E-state index contributed by atoms with van der Waals surface area (Å²) in [7, 11) is 1.42. The fourth-order valence-corrected chi connectivity index (χ4v) is 1.46. The number of carbonyl (C=O) groups excluding carboxylic acids is 1. The van der Waals surface area contributed by atoms with Crippen LogP contribution in [0, 0.1) is 0 Å². The largest absolute Gasteiger partial charge is 0.494 e. The van der Waals surface area contributed by atoms with Gasteiger partial charge in [0.05, 0.1) is 6.61 Å². The topological polar surface area (TPSA) is 78.9 Å². The summed E-state index contributed by atoms with van der Waals surface area (Å²) < 4.78 is 5.51. The van der Waals surface area contributed by atoms with E-state index in [4.69, 9.17) is 9.84 Å². The second-order valence-corrected chi connectivity index (χ2v) is 4.41. The first-order valence-electron chi connectivity index (χ1n) is 6.49. The molecule has 1 rings (SSSR count). The van der Waals surface area contributed by atoms with E-state index in [-0.39, 0.29) is 6.54 Å². The molecule has 0 unspecified atom stereocenters. The van der Waals surface area contributed by atoms with Gasteiger partial charge in [0.2, 0.25) is 0 Å². The van der Waals surface area contributed by atoms with Crippen LogP contribution >= 0.6 is 0 Å². The fourth-order valence-electron chi connectivity index (χ4n) is 1.46. The van der Waals surface area contributed by atoms with Gasteiger partial charge >= 0.3 is 12.0 Å². The number of nitrogens with one attached hydrogen (secondary N) is 1. The third kappa shape index (κ3) is 5.60. The van der Waals surface area contributed by atoms with Crippen molar-refractivity contribution < 1.29 is 19.4 Å². The highest BCUT2D eigenvalue weighted by Gasteiger charge is 2.11. The van der Waals surface area contributed by atoms with Crippen LogP contribution in [0.4, 0.5) is 10.5 Å². The quantitative estimate of drug-likeness (QED) is 0.752. The molecule has 0 aliphatic heterocycles. The maximum Gasteiger partial charge on any atom is 0.323 e. The van der Waals surface area contributed by atoms with Crippen molar-refractivity contribution in [3.63, 3.8) is 0 Å². The minimum Gasteiger partial charge on any atom is -0.494 e. The minimum atomic E-state index is -1.05. The molecule has 0 saturated carbocycles. The van der Waals surface area contributed by atoms with Gasteiger partial charge in [-0.1, -0.05) is 13.3 Å². The van der Waals surface area contributed by atoms with E-state index in [1.807, 2.05) is 0 Å². The molecule has 0 aliphatic carbocycles. The Hall–Kier alpha value is -2.24. The van der Waals surface area contributed by atoms with Gasteiger partial charge in [0.1, 0.15) is 12.3 Å². The highest BCUT2D eigenvalue weighted by atomic mass is 16.5. The number of carboxylic acids is 1. The number of aliphatic carboxylic acids is 1. The number of urea groups is 1. The SMILES string of the molecule is CCCCOc1ccc(NC(=O)N(C)CC(=O)O)cc1. The molecule has 0 radical (unpaired) electrons. The lowest BCUT2D eigenvalue weighted by molar-refractivity contribution is -0.137. The number of hydrogen-bond donors (Lipinski definition) is 2. The summed E-state index contributed by atoms with van der Waals surface area (Å²) in [5.41, 5.74) is 0.593. The number of unbranched alkanes of at least 4 members (excludes halogenated alkanes) is 1. The van der Waals surface area contributed by atoms with Crippen LogP contribution in [0.5, 0.6) is 5.75 Å². The van der Waals surface area contributed by atoms with Gasteiger partial charge in [-0.25, -0.2) is 4.79 Å². The average molecular weight is 280 g/mol. The van der Waals surface area contributed by atoms with E-state index in [2.05, 4.69) is 12.2 Å². The number of rotatable bonds is 7. The fraction of sp³-hybridized carbons (Fsp3) is 0.429. The molecule has 1 aromatic rings. The zero-order chi connectivity index (χ0) is 15.0. The predicted octanol–water partition coefficient (Wildman–Crippen LogP) is 2.41. The number of nitrogens with zero attached hydrogens (tertiary/aromatic N) is 1. The second kappa shape index (κ2) is 8.04. The van der Waals surface area contributed by atoms with Crippen LogP contribution in [0.2, 0.25) is 0 Å². The Kier molecular flexibility index (Phi) is 6.36. The van der Waals surface area contributed by atoms with Crippen molar-refractivity contribution in [3.05, 3.63) is 24.3 Å². The first kappa shape index (κ1) is 15.8. The number of likely N-dealkylation sites (N-methyl/N-ethyl adjacent to an activating group) is 1. The smallest absolute Gasteiger partial charge is 0.323 e. The molecule has 6 nitrogen and oxygen atoms in total. The summed E-state index contributed by atoms with van der Waals surface area (Å²) in [6.45, 7) is 2.42. The molecule has 0 aliphatic rings. The molecule has 0 heterocycles. The van der Waals surface area contributed by atoms with Crippen LogP contribution in [-0.4, -0.2) is 42.2 Å². The van der Waals surface area contributed by atoms with E-state index in [1.165, 1.54) is 7.05 Å². The number of hydrogen-bond acceptors (Lipinski definition) is 3. The second-order valence-electron chi connectivity index (χ2n) is 4.41. The highest BCUT2D eigenvalue weighted by Crippen LogP contribution is 2.16. The summed E-state index contributed by atoms with van der Waals surface area (Å²) in [5.74, 6) is -0.308. The molecule has 0 spiro atoms.